The molecule has 2 aromatic carbocycles. The van der Waals surface area contributed by atoms with Crippen LogP contribution in [0.3, 0.4) is 0 Å². The first-order chi connectivity index (χ1) is 21.0. The molecule has 0 bridgehead atoms. The number of fused-ring (bicyclic) bond motifs is 3. The van der Waals surface area contributed by atoms with E-state index in [1.54, 1.807) is 5.32 Å². The van der Waals surface area contributed by atoms with E-state index in [9.17, 15) is 58.2 Å². The molecule has 0 saturated carbocycles. The molecule has 1 heterocycles. The van der Waals surface area contributed by atoms with Crippen LogP contribution in [0, 0.1) is 0 Å². The van der Waals surface area contributed by atoms with Crippen LogP contribution in [0.4, 0.5) is 13.2 Å². The number of ether oxygens (including phenoxy) is 3. The molecule has 0 spiro atoms. The zero-order chi connectivity index (χ0) is 33.2. The van der Waals surface area contributed by atoms with Gasteiger partial charge in [0, 0.05) is 36.0 Å². The van der Waals surface area contributed by atoms with Gasteiger partial charge in [-0.05, 0) is 13.0 Å². The Morgan fingerprint density at radius 1 is 1.16 bits per heavy atom. The van der Waals surface area contributed by atoms with Crippen LogP contribution in [-0.4, -0.2) is 104 Å². The zero-order valence-corrected chi connectivity index (χ0v) is 23.8. The predicted molar refractivity (Wildman–Crippen MR) is 143 cm³/mol. The van der Waals surface area contributed by atoms with E-state index in [0.717, 1.165) is 0 Å². The number of carbonyl (C=O) groups is 3. The average Bonchev–Trinajstić information content (AvgIpc) is 2.98. The van der Waals surface area contributed by atoms with E-state index in [0.29, 0.717) is 0 Å². The molecule has 7 N–H and O–H groups in total. The van der Waals surface area contributed by atoms with Gasteiger partial charge >= 0.3 is 12.1 Å². The lowest BCUT2D eigenvalue weighted by molar-refractivity contribution is -0.254. The smallest absolute Gasteiger partial charge is 0.471 e. The molecule has 1 aliphatic heterocycles. The summed E-state index contributed by atoms with van der Waals surface area (Å²) in [6.07, 6.45) is -14.8. The normalized spacial score (nSPS) is 28.5. The maximum atomic E-state index is 13.7. The summed E-state index contributed by atoms with van der Waals surface area (Å²) >= 11 is 0. The van der Waals surface area contributed by atoms with Crippen LogP contribution in [0.5, 0.6) is 17.2 Å². The van der Waals surface area contributed by atoms with E-state index in [-0.39, 0.29) is 28.0 Å². The summed E-state index contributed by atoms with van der Waals surface area (Å²) in [6, 6.07) is 2.65. The molecular formula is C29H30F3NO12. The van der Waals surface area contributed by atoms with Gasteiger partial charge in [0.2, 0.25) is 5.78 Å². The number of aliphatic hydroxyl groups excluding tert-OH is 3. The number of amides is 1. The van der Waals surface area contributed by atoms with E-state index in [1.165, 1.54) is 32.2 Å². The molecule has 45 heavy (non-hydrogen) atoms. The number of nitrogens with one attached hydrogen (secondary N) is 1. The minimum atomic E-state index is -5.26. The van der Waals surface area contributed by atoms with Gasteiger partial charge < -0.3 is 50.2 Å². The number of hydrogen-bond acceptors (Lipinski definition) is 12. The number of rotatable bonds is 6. The molecule has 2 aromatic rings. The maximum absolute atomic E-state index is 13.7. The lowest BCUT2D eigenvalue weighted by atomic mass is 9.71. The second-order valence-electron chi connectivity index (χ2n) is 11.3. The molecular weight excluding hydrogens is 611 g/mol. The third-order valence-corrected chi connectivity index (χ3v) is 8.49. The molecule has 1 fully saturated rings. The van der Waals surface area contributed by atoms with Gasteiger partial charge in [0.05, 0.1) is 54.3 Å². The number of aliphatic hydroxyl groups is 4. The first-order valence-corrected chi connectivity index (χ1v) is 13.8. The fourth-order valence-electron chi connectivity index (χ4n) is 6.20. The van der Waals surface area contributed by atoms with E-state index in [4.69, 9.17) is 14.2 Å². The summed E-state index contributed by atoms with van der Waals surface area (Å²) in [7, 11) is 1.26. The van der Waals surface area contributed by atoms with Crippen LogP contribution in [0.2, 0.25) is 0 Å². The highest BCUT2D eigenvalue weighted by atomic mass is 19.4. The van der Waals surface area contributed by atoms with E-state index in [1.807, 2.05) is 0 Å². The van der Waals surface area contributed by atoms with Gasteiger partial charge in [-0.15, -0.1) is 0 Å². The van der Waals surface area contributed by atoms with Gasteiger partial charge in [0.15, 0.2) is 12.1 Å². The summed E-state index contributed by atoms with van der Waals surface area (Å²) in [6.45, 7) is 0.331. The number of aromatic hydroxyl groups is 2. The predicted octanol–water partition coefficient (Wildman–Crippen LogP) is 0.513. The topological polar surface area (TPSA) is 212 Å². The largest absolute Gasteiger partial charge is 0.507 e. The van der Waals surface area contributed by atoms with Gasteiger partial charge in [-0.2, -0.15) is 13.2 Å². The Balaban J connectivity index is 1.61. The van der Waals surface area contributed by atoms with E-state index >= 15 is 0 Å². The number of phenolic OH excluding ortho intramolecular Hbond substituents is 2. The SMILES string of the molecule is COc1cccc2c1C(=O)c1c(O)c3c(c(O)c1C2=O)C[C@@](O)(C(O)CO)C[C@@H]3O[C@H]1C[C@H](NC(=O)C(F)(F)F)[C@H](O)[C@H](C)O1. The second-order valence-corrected chi connectivity index (χ2v) is 11.3. The molecule has 5 rings (SSSR count). The fourth-order valence-corrected chi connectivity index (χ4v) is 6.20. The summed E-state index contributed by atoms with van der Waals surface area (Å²) in [5, 5.41) is 66.6. The Morgan fingerprint density at radius 2 is 1.82 bits per heavy atom. The van der Waals surface area contributed by atoms with Crippen molar-refractivity contribution < 1.29 is 72.4 Å². The molecule has 244 valence electrons. The van der Waals surface area contributed by atoms with Crippen molar-refractivity contribution in [1.29, 1.82) is 0 Å². The van der Waals surface area contributed by atoms with Crippen molar-refractivity contribution in [3.8, 4) is 17.2 Å². The molecule has 3 aliphatic rings. The lowest BCUT2D eigenvalue weighted by Gasteiger charge is -2.44. The zero-order valence-electron chi connectivity index (χ0n) is 23.8. The van der Waals surface area contributed by atoms with Crippen molar-refractivity contribution in [3.63, 3.8) is 0 Å². The molecule has 1 unspecified atom stereocenters. The van der Waals surface area contributed by atoms with Crippen LogP contribution in [-0.2, 0) is 20.7 Å². The highest BCUT2D eigenvalue weighted by molar-refractivity contribution is 6.31. The maximum Gasteiger partial charge on any atom is 0.471 e. The molecule has 0 radical (unpaired) electrons. The third kappa shape index (κ3) is 5.40. The Morgan fingerprint density at radius 3 is 2.44 bits per heavy atom. The van der Waals surface area contributed by atoms with Gasteiger partial charge in [0.25, 0.3) is 0 Å². The van der Waals surface area contributed by atoms with Crippen LogP contribution < -0.4 is 10.1 Å². The standard InChI is InChI=1S/C29H30F3NO12/c1-10-22(36)13(33-27(41)29(30,31)32)6-17(44-10)45-15-8-28(42,16(35)9-34)7-12-19(15)26(40)21-20(24(12)38)23(37)11-4-3-5-14(43-2)18(11)25(21)39/h3-5,10,13,15-17,22,34-36,38,40,42H,6-9H2,1-2H3,(H,33,41)/t10-,13-,15-,16?,17-,22+,28-/m0/s1. The molecule has 0 aromatic heterocycles. The van der Waals surface area contributed by atoms with E-state index < -0.39 is 114 Å². The third-order valence-electron chi connectivity index (χ3n) is 8.49. The summed E-state index contributed by atoms with van der Waals surface area (Å²) in [5.74, 6) is -5.69. The first kappa shape index (κ1) is 32.6. The number of benzene rings is 2. The van der Waals surface area contributed by atoms with Gasteiger partial charge in [0.1, 0.15) is 29.5 Å². The van der Waals surface area contributed by atoms with Crippen molar-refractivity contribution in [3.05, 3.63) is 51.6 Å². The number of halogens is 3. The molecule has 1 amide bonds. The van der Waals surface area contributed by atoms with Crippen LogP contribution >= 0.6 is 0 Å². The monoisotopic (exact) mass is 641 g/mol. The molecule has 2 aliphatic carbocycles. The van der Waals surface area contributed by atoms with E-state index in [2.05, 4.69) is 0 Å². The van der Waals surface area contributed by atoms with Crippen LogP contribution in [0.1, 0.15) is 68.8 Å². The van der Waals surface area contributed by atoms with Crippen LogP contribution in [0.25, 0.3) is 0 Å². The number of carbonyl (C=O) groups excluding carboxylic acids is 3. The second kappa shape index (κ2) is 11.5. The van der Waals surface area contributed by atoms with Crippen molar-refractivity contribution in [1.82, 2.24) is 5.32 Å². The van der Waals surface area contributed by atoms with Crippen molar-refractivity contribution in [2.24, 2.45) is 0 Å². The highest BCUT2D eigenvalue weighted by Crippen LogP contribution is 2.53. The highest BCUT2D eigenvalue weighted by Gasteiger charge is 2.51. The number of hydrogen-bond donors (Lipinski definition) is 7. The summed E-state index contributed by atoms with van der Waals surface area (Å²) in [4.78, 5) is 38.9. The molecule has 13 nitrogen and oxygen atoms in total. The number of phenols is 2. The fraction of sp³-hybridized carbons (Fsp3) is 0.483. The summed E-state index contributed by atoms with van der Waals surface area (Å²) in [5.41, 5.74) is -4.36. The Bertz CT molecular complexity index is 1560. The quantitative estimate of drug-likeness (QED) is 0.184. The molecule has 16 heteroatoms. The lowest BCUT2D eigenvalue weighted by Crippen LogP contribution is -2.57. The number of alkyl halides is 3. The van der Waals surface area contributed by atoms with Crippen LogP contribution in [0.15, 0.2) is 18.2 Å². The molecule has 1 saturated heterocycles. The van der Waals surface area contributed by atoms with Crippen molar-refractivity contribution in [2.75, 3.05) is 13.7 Å². The summed E-state index contributed by atoms with van der Waals surface area (Å²) < 4.78 is 55.6. The van der Waals surface area contributed by atoms with Gasteiger partial charge in [-0.1, -0.05) is 12.1 Å². The van der Waals surface area contributed by atoms with Gasteiger partial charge in [-0.25, -0.2) is 0 Å². The minimum absolute atomic E-state index is 0.0106. The Hall–Kier alpha value is -3.80. The van der Waals surface area contributed by atoms with Crippen molar-refractivity contribution >= 4 is 17.5 Å². The minimum Gasteiger partial charge on any atom is -0.507 e. The number of methoxy groups -OCH3 is 1. The first-order valence-electron chi connectivity index (χ1n) is 13.8. The van der Waals surface area contributed by atoms with Crippen molar-refractivity contribution in [2.45, 2.75) is 74.7 Å². The Labute approximate surface area is 252 Å². The molecule has 7 atom stereocenters. The number of ketones is 2. The van der Waals surface area contributed by atoms with Gasteiger partial charge in [-0.3, -0.25) is 14.4 Å². The Kier molecular flexibility index (Phi) is 8.35. The average molecular weight is 642 g/mol.